The van der Waals surface area contributed by atoms with E-state index >= 15 is 0 Å². The number of benzene rings is 1. The highest BCUT2D eigenvalue weighted by Crippen LogP contribution is 2.45. The van der Waals surface area contributed by atoms with Crippen LogP contribution in [-0.2, 0) is 0 Å². The Bertz CT molecular complexity index is 497. The van der Waals surface area contributed by atoms with E-state index < -0.39 is 5.60 Å². The van der Waals surface area contributed by atoms with Crippen LogP contribution in [0.2, 0.25) is 0 Å². The van der Waals surface area contributed by atoms with Gasteiger partial charge in [-0.3, -0.25) is 0 Å². The molecule has 1 aromatic carbocycles. The lowest BCUT2D eigenvalue weighted by molar-refractivity contribution is 0.00441. The fourth-order valence-electron chi connectivity index (χ4n) is 2.98. The number of phenolic OH excluding ortho intramolecular Hbond substituents is 2. The Hall–Kier alpha value is -1.48. The molecule has 0 saturated carbocycles. The maximum atomic E-state index is 10.3. The summed E-state index contributed by atoms with van der Waals surface area (Å²) in [5, 5.41) is 30.0. The van der Waals surface area contributed by atoms with Crippen molar-refractivity contribution in [2.75, 3.05) is 0 Å². The largest absolute Gasteiger partial charge is 0.508 e. The molecule has 1 aromatic rings. The van der Waals surface area contributed by atoms with Crippen LogP contribution in [0, 0.1) is 5.92 Å². The predicted molar refractivity (Wildman–Crippen MR) is 75.3 cm³/mol. The average molecular weight is 262 g/mol. The lowest BCUT2D eigenvalue weighted by atomic mass is 9.70. The van der Waals surface area contributed by atoms with E-state index in [-0.39, 0.29) is 23.3 Å². The Kier molecular flexibility index (Phi) is 3.59. The quantitative estimate of drug-likeness (QED) is 0.566. The van der Waals surface area contributed by atoms with E-state index in [4.69, 9.17) is 0 Å². The molecule has 0 amide bonds. The van der Waals surface area contributed by atoms with Gasteiger partial charge >= 0.3 is 0 Å². The highest BCUT2D eigenvalue weighted by atomic mass is 16.3. The first kappa shape index (κ1) is 13.9. The number of hydrogen-bond acceptors (Lipinski definition) is 3. The van der Waals surface area contributed by atoms with E-state index in [9.17, 15) is 15.3 Å². The van der Waals surface area contributed by atoms with E-state index in [1.807, 2.05) is 0 Å². The molecule has 3 N–H and O–H groups in total. The normalized spacial score (nSPS) is 24.1. The van der Waals surface area contributed by atoms with Crippen LogP contribution in [0.25, 0.3) is 0 Å². The van der Waals surface area contributed by atoms with Crippen molar-refractivity contribution in [3.8, 4) is 11.5 Å². The summed E-state index contributed by atoms with van der Waals surface area (Å²) < 4.78 is 0. The Morgan fingerprint density at radius 1 is 1.21 bits per heavy atom. The minimum Gasteiger partial charge on any atom is -0.508 e. The van der Waals surface area contributed by atoms with Gasteiger partial charge in [0.2, 0.25) is 0 Å². The summed E-state index contributed by atoms with van der Waals surface area (Å²) in [5.41, 5.74) is 1.12. The third-order valence-corrected chi connectivity index (χ3v) is 4.02. The van der Waals surface area contributed by atoms with Crippen LogP contribution < -0.4 is 0 Å². The summed E-state index contributed by atoms with van der Waals surface area (Å²) in [7, 11) is 0. The molecular weight excluding hydrogens is 240 g/mol. The number of aliphatic hydroxyl groups is 1. The van der Waals surface area contributed by atoms with Crippen LogP contribution in [0.15, 0.2) is 29.8 Å². The van der Waals surface area contributed by atoms with Crippen molar-refractivity contribution in [3.63, 3.8) is 0 Å². The molecule has 2 atom stereocenters. The zero-order valence-corrected chi connectivity index (χ0v) is 11.7. The number of hydrogen-bond donors (Lipinski definition) is 3. The van der Waals surface area contributed by atoms with E-state index in [2.05, 4.69) is 13.0 Å². The Balaban J connectivity index is 2.48. The Morgan fingerprint density at radius 2 is 1.89 bits per heavy atom. The first-order chi connectivity index (χ1) is 8.79. The van der Waals surface area contributed by atoms with Crippen molar-refractivity contribution in [3.05, 3.63) is 35.4 Å². The Morgan fingerprint density at radius 3 is 2.53 bits per heavy atom. The van der Waals surface area contributed by atoms with Gasteiger partial charge in [0.15, 0.2) is 0 Å². The molecule has 0 heterocycles. The minimum atomic E-state index is -0.820. The zero-order chi connectivity index (χ0) is 14.2. The number of allylic oxidation sites excluding steroid dienone is 2. The number of aromatic hydroxyl groups is 2. The lowest BCUT2D eigenvalue weighted by Gasteiger charge is -2.38. The fourth-order valence-corrected chi connectivity index (χ4v) is 2.98. The molecule has 104 valence electrons. The van der Waals surface area contributed by atoms with Crippen LogP contribution in [0.3, 0.4) is 0 Å². The smallest absolute Gasteiger partial charge is 0.119 e. The van der Waals surface area contributed by atoms with Gasteiger partial charge in [-0.05, 0) is 57.7 Å². The third kappa shape index (κ3) is 2.92. The second kappa shape index (κ2) is 4.89. The van der Waals surface area contributed by atoms with E-state index in [1.165, 1.54) is 17.7 Å². The van der Waals surface area contributed by atoms with Gasteiger partial charge < -0.3 is 15.3 Å². The molecule has 1 aliphatic rings. The number of phenols is 2. The molecule has 0 fully saturated rings. The number of rotatable bonds is 2. The van der Waals surface area contributed by atoms with Crippen LogP contribution in [0.1, 0.15) is 45.1 Å². The fraction of sp³-hybridized carbons (Fsp3) is 0.500. The highest BCUT2D eigenvalue weighted by Gasteiger charge is 2.36. The monoisotopic (exact) mass is 262 g/mol. The maximum Gasteiger partial charge on any atom is 0.119 e. The van der Waals surface area contributed by atoms with Crippen LogP contribution in [0.5, 0.6) is 11.5 Å². The Labute approximate surface area is 114 Å². The van der Waals surface area contributed by atoms with Crippen molar-refractivity contribution in [1.82, 2.24) is 0 Å². The van der Waals surface area contributed by atoms with Gasteiger partial charge in [0.25, 0.3) is 0 Å². The summed E-state index contributed by atoms with van der Waals surface area (Å²) in [5.74, 6) is 0.270. The molecule has 3 nitrogen and oxygen atoms in total. The predicted octanol–water partition coefficient (Wildman–Crippen LogP) is 3.31. The molecule has 0 radical (unpaired) electrons. The van der Waals surface area contributed by atoms with Crippen molar-refractivity contribution in [2.45, 2.75) is 45.1 Å². The summed E-state index contributed by atoms with van der Waals surface area (Å²) >= 11 is 0. The zero-order valence-electron chi connectivity index (χ0n) is 11.7. The average Bonchev–Trinajstić information content (AvgIpc) is 2.30. The van der Waals surface area contributed by atoms with Crippen LogP contribution >= 0.6 is 0 Å². The van der Waals surface area contributed by atoms with Gasteiger partial charge in [-0.15, -0.1) is 0 Å². The molecule has 0 bridgehead atoms. The van der Waals surface area contributed by atoms with Crippen LogP contribution in [0.4, 0.5) is 0 Å². The topological polar surface area (TPSA) is 60.7 Å². The van der Waals surface area contributed by atoms with E-state index in [0.29, 0.717) is 5.56 Å². The van der Waals surface area contributed by atoms with Gasteiger partial charge in [0, 0.05) is 11.5 Å². The van der Waals surface area contributed by atoms with Gasteiger partial charge in [0.05, 0.1) is 5.60 Å². The second-order valence-corrected chi connectivity index (χ2v) is 6.08. The molecular formula is C16H22O3. The summed E-state index contributed by atoms with van der Waals surface area (Å²) in [6.45, 7) is 5.67. The van der Waals surface area contributed by atoms with Crippen molar-refractivity contribution in [1.29, 1.82) is 0 Å². The van der Waals surface area contributed by atoms with Crippen LogP contribution in [-0.4, -0.2) is 20.9 Å². The SMILES string of the molecule is CC1=C[C@H](c2cc(O)ccc2O)[C@@H](C(C)(C)O)CC1. The van der Waals surface area contributed by atoms with Crippen molar-refractivity contribution >= 4 is 0 Å². The van der Waals surface area contributed by atoms with Crippen molar-refractivity contribution in [2.24, 2.45) is 5.92 Å². The molecule has 19 heavy (non-hydrogen) atoms. The molecule has 3 heteroatoms. The molecule has 0 aliphatic heterocycles. The molecule has 0 aromatic heterocycles. The van der Waals surface area contributed by atoms with Gasteiger partial charge in [-0.25, -0.2) is 0 Å². The lowest BCUT2D eigenvalue weighted by Crippen LogP contribution is -2.36. The molecule has 0 saturated heterocycles. The molecule has 2 rings (SSSR count). The van der Waals surface area contributed by atoms with Gasteiger partial charge in [-0.1, -0.05) is 11.6 Å². The minimum absolute atomic E-state index is 0.0314. The van der Waals surface area contributed by atoms with Gasteiger partial charge in [-0.2, -0.15) is 0 Å². The molecule has 1 aliphatic carbocycles. The summed E-state index contributed by atoms with van der Waals surface area (Å²) in [6, 6.07) is 4.56. The molecule has 0 unspecified atom stereocenters. The third-order valence-electron chi connectivity index (χ3n) is 4.02. The summed E-state index contributed by atoms with van der Waals surface area (Å²) in [4.78, 5) is 0. The first-order valence-electron chi connectivity index (χ1n) is 6.70. The van der Waals surface area contributed by atoms with E-state index in [1.54, 1.807) is 19.9 Å². The maximum absolute atomic E-state index is 10.3. The molecule has 0 spiro atoms. The summed E-state index contributed by atoms with van der Waals surface area (Å²) in [6.07, 6.45) is 3.94. The van der Waals surface area contributed by atoms with E-state index in [0.717, 1.165) is 12.8 Å². The second-order valence-electron chi connectivity index (χ2n) is 6.08. The van der Waals surface area contributed by atoms with Crippen molar-refractivity contribution < 1.29 is 15.3 Å². The first-order valence-corrected chi connectivity index (χ1v) is 6.70. The van der Waals surface area contributed by atoms with Gasteiger partial charge in [0.1, 0.15) is 11.5 Å². The highest BCUT2D eigenvalue weighted by molar-refractivity contribution is 5.44. The standard InChI is InChI=1S/C16H22O3/c1-10-4-6-14(16(2,3)19)12(8-10)13-9-11(17)5-7-15(13)18/h5,7-9,12,14,17-19H,4,6H2,1-3H3/t12-,14+/m1/s1.